The highest BCUT2D eigenvalue weighted by atomic mass is 32.2. The van der Waals surface area contributed by atoms with Gasteiger partial charge in [-0.3, -0.25) is 0 Å². The van der Waals surface area contributed by atoms with E-state index < -0.39 is 15.6 Å². The molecule has 0 radical (unpaired) electrons. The fourth-order valence-electron chi connectivity index (χ4n) is 3.18. The fourth-order valence-corrected chi connectivity index (χ4v) is 4.49. The summed E-state index contributed by atoms with van der Waals surface area (Å²) in [5.41, 5.74) is 1.17. The number of hydrogen-bond donors (Lipinski definition) is 2. The predicted octanol–water partition coefficient (Wildman–Crippen LogP) is 3.49. The summed E-state index contributed by atoms with van der Waals surface area (Å²) in [6.45, 7) is 3.65. The first-order valence-corrected chi connectivity index (χ1v) is 9.94. The number of sulfonamides is 1. The molecule has 0 spiro atoms. The summed E-state index contributed by atoms with van der Waals surface area (Å²) < 4.78 is 27.9. The molecule has 0 aromatic heterocycles. The van der Waals surface area contributed by atoms with E-state index in [1.165, 1.54) is 0 Å². The molecule has 2 aromatic carbocycles. The number of benzene rings is 2. The molecule has 2 aromatic rings. The average Bonchev–Trinajstić information content (AvgIpc) is 2.64. The first-order valence-electron chi connectivity index (χ1n) is 8.46. The van der Waals surface area contributed by atoms with Crippen molar-refractivity contribution in [3.63, 3.8) is 0 Å². The first-order chi connectivity index (χ1) is 11.9. The summed E-state index contributed by atoms with van der Waals surface area (Å²) in [7, 11) is -3.56. The summed E-state index contributed by atoms with van der Waals surface area (Å²) in [5.74, 6) is 0. The van der Waals surface area contributed by atoms with Crippen molar-refractivity contribution < 1.29 is 13.5 Å². The highest BCUT2D eigenvalue weighted by Gasteiger charge is 2.32. The maximum Gasteiger partial charge on any atom is 0.240 e. The summed E-state index contributed by atoms with van der Waals surface area (Å²) in [4.78, 5) is 0.261. The van der Waals surface area contributed by atoms with Crippen LogP contribution in [0.25, 0.3) is 11.1 Å². The van der Waals surface area contributed by atoms with Crippen LogP contribution in [0.2, 0.25) is 0 Å². The van der Waals surface area contributed by atoms with Crippen LogP contribution >= 0.6 is 0 Å². The van der Waals surface area contributed by atoms with Crippen molar-refractivity contribution in [1.29, 1.82) is 0 Å². The number of nitrogens with one attached hydrogen (secondary N) is 1. The Hall–Kier alpha value is -1.95. The maximum absolute atomic E-state index is 12.6. The van der Waals surface area contributed by atoms with E-state index in [1.54, 1.807) is 18.2 Å². The zero-order valence-electron chi connectivity index (χ0n) is 14.1. The van der Waals surface area contributed by atoms with E-state index >= 15 is 0 Å². The van der Waals surface area contributed by atoms with Crippen LogP contribution < -0.4 is 4.72 Å². The van der Waals surface area contributed by atoms with Gasteiger partial charge in [-0.15, -0.1) is 6.58 Å². The minimum absolute atomic E-state index is 0.154. The smallest absolute Gasteiger partial charge is 0.240 e. The summed E-state index contributed by atoms with van der Waals surface area (Å²) in [6, 6.07) is 16.6. The van der Waals surface area contributed by atoms with E-state index in [2.05, 4.69) is 11.3 Å². The van der Waals surface area contributed by atoms with Crippen LogP contribution in [0, 0.1) is 0 Å². The average molecular weight is 357 g/mol. The summed E-state index contributed by atoms with van der Waals surface area (Å²) in [6.07, 6.45) is 3.81. The molecule has 0 aliphatic heterocycles. The normalized spacial score (nSPS) is 24.0. The Labute approximate surface area is 149 Å². The van der Waals surface area contributed by atoms with Crippen molar-refractivity contribution in [3.05, 3.63) is 67.3 Å². The highest BCUT2D eigenvalue weighted by Crippen LogP contribution is 2.30. The lowest BCUT2D eigenvalue weighted by Crippen LogP contribution is -2.42. The maximum atomic E-state index is 12.6. The predicted molar refractivity (Wildman–Crippen MR) is 99.6 cm³/mol. The molecule has 1 saturated carbocycles. The highest BCUT2D eigenvalue weighted by molar-refractivity contribution is 7.89. The van der Waals surface area contributed by atoms with Gasteiger partial charge in [0.1, 0.15) is 0 Å². The van der Waals surface area contributed by atoms with Crippen LogP contribution in [0.1, 0.15) is 25.7 Å². The van der Waals surface area contributed by atoms with Crippen molar-refractivity contribution in [1.82, 2.24) is 4.72 Å². The quantitative estimate of drug-likeness (QED) is 0.805. The van der Waals surface area contributed by atoms with Crippen LogP contribution in [-0.4, -0.2) is 25.2 Å². The molecule has 0 saturated heterocycles. The number of rotatable bonds is 5. The lowest BCUT2D eigenvalue weighted by Gasteiger charge is -2.33. The minimum atomic E-state index is -3.56. The molecule has 0 unspecified atom stereocenters. The third-order valence-electron chi connectivity index (χ3n) is 4.82. The first kappa shape index (κ1) is 17.9. The van der Waals surface area contributed by atoms with E-state index in [-0.39, 0.29) is 10.9 Å². The van der Waals surface area contributed by atoms with Crippen molar-refractivity contribution in [2.75, 3.05) is 0 Å². The minimum Gasteiger partial charge on any atom is -0.386 e. The van der Waals surface area contributed by atoms with Crippen molar-refractivity contribution in [2.45, 2.75) is 42.2 Å². The summed E-state index contributed by atoms with van der Waals surface area (Å²) >= 11 is 0. The number of hydrogen-bond acceptors (Lipinski definition) is 3. The van der Waals surface area contributed by atoms with Gasteiger partial charge in [0, 0.05) is 6.04 Å². The fraction of sp³-hybridized carbons (Fsp3) is 0.300. The Bertz CT molecular complexity index is 821. The van der Waals surface area contributed by atoms with Gasteiger partial charge in [-0.2, -0.15) is 0 Å². The molecule has 1 aliphatic carbocycles. The van der Waals surface area contributed by atoms with Gasteiger partial charge in [0.05, 0.1) is 10.5 Å². The Balaban J connectivity index is 1.70. The van der Waals surface area contributed by atoms with Gasteiger partial charge in [-0.1, -0.05) is 48.5 Å². The van der Waals surface area contributed by atoms with Gasteiger partial charge in [-0.25, -0.2) is 13.1 Å². The van der Waals surface area contributed by atoms with E-state index in [9.17, 15) is 13.5 Å². The molecule has 0 heterocycles. The molecule has 5 heteroatoms. The SMILES string of the molecule is C=CC1(O)CCC(NS(=O)(=O)c2ccc(-c3ccccc3)cc2)CC1. The van der Waals surface area contributed by atoms with E-state index in [4.69, 9.17) is 0 Å². The Morgan fingerprint density at radius 2 is 1.56 bits per heavy atom. The second kappa shape index (κ2) is 7.12. The topological polar surface area (TPSA) is 66.4 Å². The van der Waals surface area contributed by atoms with E-state index in [0.717, 1.165) is 11.1 Å². The van der Waals surface area contributed by atoms with Gasteiger partial charge in [0.2, 0.25) is 10.0 Å². The molecule has 0 bridgehead atoms. The Morgan fingerprint density at radius 1 is 1.00 bits per heavy atom. The monoisotopic (exact) mass is 357 g/mol. The Morgan fingerprint density at radius 3 is 2.12 bits per heavy atom. The lowest BCUT2D eigenvalue weighted by atomic mass is 9.83. The lowest BCUT2D eigenvalue weighted by molar-refractivity contribution is 0.0447. The van der Waals surface area contributed by atoms with Crippen molar-refractivity contribution in [2.24, 2.45) is 0 Å². The molecule has 1 fully saturated rings. The zero-order valence-corrected chi connectivity index (χ0v) is 14.9. The molecule has 25 heavy (non-hydrogen) atoms. The molecule has 4 nitrogen and oxygen atoms in total. The van der Waals surface area contributed by atoms with Gasteiger partial charge < -0.3 is 5.11 Å². The van der Waals surface area contributed by atoms with E-state index in [0.29, 0.717) is 25.7 Å². The van der Waals surface area contributed by atoms with Gasteiger partial charge in [0.25, 0.3) is 0 Å². The largest absolute Gasteiger partial charge is 0.386 e. The van der Waals surface area contributed by atoms with E-state index in [1.807, 2.05) is 42.5 Å². The van der Waals surface area contributed by atoms with Crippen LogP contribution in [0.4, 0.5) is 0 Å². The summed E-state index contributed by atoms with van der Waals surface area (Å²) in [5, 5.41) is 10.2. The van der Waals surface area contributed by atoms with Gasteiger partial charge in [0.15, 0.2) is 0 Å². The molecule has 0 atom stereocenters. The van der Waals surface area contributed by atoms with Crippen LogP contribution in [0.5, 0.6) is 0 Å². The molecule has 3 rings (SSSR count). The van der Waals surface area contributed by atoms with Crippen molar-refractivity contribution >= 4 is 10.0 Å². The Kier molecular flexibility index (Phi) is 5.08. The molecule has 132 valence electrons. The standard InChI is InChI=1S/C20H23NO3S/c1-2-20(22)14-12-18(13-15-20)21-25(23,24)19-10-8-17(9-11-19)16-6-4-3-5-7-16/h2-11,18,21-22H,1,12-15H2. The van der Waals surface area contributed by atoms with Crippen LogP contribution in [0.15, 0.2) is 72.1 Å². The molecule has 2 N–H and O–H groups in total. The molecule has 0 amide bonds. The van der Waals surface area contributed by atoms with Gasteiger partial charge in [-0.05, 0) is 48.9 Å². The zero-order chi connectivity index (χ0) is 17.9. The third kappa shape index (κ3) is 4.18. The molecule has 1 aliphatic rings. The second-order valence-electron chi connectivity index (χ2n) is 6.59. The number of aliphatic hydroxyl groups is 1. The third-order valence-corrected chi connectivity index (χ3v) is 6.36. The van der Waals surface area contributed by atoms with Crippen molar-refractivity contribution in [3.8, 4) is 11.1 Å². The molecular formula is C20H23NO3S. The second-order valence-corrected chi connectivity index (χ2v) is 8.31. The van der Waals surface area contributed by atoms with Crippen LogP contribution in [0.3, 0.4) is 0 Å². The van der Waals surface area contributed by atoms with Crippen LogP contribution in [-0.2, 0) is 10.0 Å². The van der Waals surface area contributed by atoms with Gasteiger partial charge >= 0.3 is 0 Å². The molecular weight excluding hydrogens is 334 g/mol.